The lowest BCUT2D eigenvalue weighted by atomic mass is 10.0. The highest BCUT2D eigenvalue weighted by Gasteiger charge is 2.19. The molecule has 24 heavy (non-hydrogen) atoms. The van der Waals surface area contributed by atoms with Gasteiger partial charge in [-0.25, -0.2) is 0 Å². The molecule has 3 aromatic rings. The molecule has 1 amide bonds. The normalized spacial score (nSPS) is 11.8. The average Bonchev–Trinajstić information content (AvgIpc) is 2.58. The molecule has 124 valence electrons. The van der Waals surface area contributed by atoms with Crippen LogP contribution in [0.3, 0.4) is 0 Å². The van der Waals surface area contributed by atoms with Crippen LogP contribution in [0.4, 0.5) is 0 Å². The first-order valence-corrected chi connectivity index (χ1v) is 8.24. The first kappa shape index (κ1) is 16.2. The summed E-state index contributed by atoms with van der Waals surface area (Å²) in [7, 11) is 0. The molecular weight excluding hydrogens is 300 g/mol. The molecule has 0 saturated carbocycles. The molecule has 2 aromatic carbocycles. The van der Waals surface area contributed by atoms with Crippen molar-refractivity contribution in [2.75, 3.05) is 0 Å². The molecule has 1 heterocycles. The van der Waals surface area contributed by atoms with Crippen LogP contribution in [0.5, 0.6) is 0 Å². The number of pyridine rings is 1. The number of aromatic nitrogens is 1. The van der Waals surface area contributed by atoms with E-state index in [-0.39, 0.29) is 23.4 Å². The molecule has 1 N–H and O–H groups in total. The fourth-order valence-electron chi connectivity index (χ4n) is 2.90. The van der Waals surface area contributed by atoms with E-state index in [1.54, 1.807) is 0 Å². The van der Waals surface area contributed by atoms with Crippen LogP contribution in [-0.4, -0.2) is 16.0 Å². The van der Waals surface area contributed by atoms with Crippen LogP contribution < -0.4 is 10.7 Å². The Labute approximate surface area is 141 Å². The maximum atomic E-state index is 12.7. The van der Waals surface area contributed by atoms with Crippen LogP contribution >= 0.6 is 0 Å². The second-order valence-corrected chi connectivity index (χ2v) is 6.74. The van der Waals surface area contributed by atoms with E-state index in [0.29, 0.717) is 10.8 Å². The summed E-state index contributed by atoms with van der Waals surface area (Å²) in [5, 5.41) is 4.34. The number of carbonyl (C=O) groups is 1. The van der Waals surface area contributed by atoms with E-state index in [4.69, 9.17) is 0 Å². The summed E-state index contributed by atoms with van der Waals surface area (Å²) in [6.45, 7) is 6.24. The fourth-order valence-corrected chi connectivity index (χ4v) is 2.90. The first-order valence-electron chi connectivity index (χ1n) is 8.24. The van der Waals surface area contributed by atoms with Crippen molar-refractivity contribution in [3.63, 3.8) is 0 Å². The van der Waals surface area contributed by atoms with E-state index in [1.807, 2.05) is 73.9 Å². The standard InChI is InChI=1S/C20H22N2O2/c1-4-20(2,3)21-18(23)13-22-16-11-7-5-9-14(16)19(24)15-10-6-8-12-17(15)22/h5-12H,4,13H2,1-3H3,(H,21,23). The number of fused-ring (bicyclic) bond motifs is 2. The summed E-state index contributed by atoms with van der Waals surface area (Å²) in [5.41, 5.74) is 1.32. The van der Waals surface area contributed by atoms with Crippen LogP contribution in [-0.2, 0) is 11.3 Å². The monoisotopic (exact) mass is 322 g/mol. The maximum Gasteiger partial charge on any atom is 0.240 e. The number of amides is 1. The quantitative estimate of drug-likeness (QED) is 0.748. The topological polar surface area (TPSA) is 51.1 Å². The van der Waals surface area contributed by atoms with Gasteiger partial charge in [0.05, 0.1) is 11.0 Å². The van der Waals surface area contributed by atoms with Crippen molar-refractivity contribution in [2.45, 2.75) is 39.3 Å². The Bertz CT molecular complexity index is 910. The smallest absolute Gasteiger partial charge is 0.240 e. The number of hydrogen-bond acceptors (Lipinski definition) is 2. The molecule has 0 radical (unpaired) electrons. The fraction of sp³-hybridized carbons (Fsp3) is 0.300. The van der Waals surface area contributed by atoms with E-state index in [0.717, 1.165) is 17.5 Å². The van der Waals surface area contributed by atoms with Gasteiger partial charge in [-0.15, -0.1) is 0 Å². The summed E-state index contributed by atoms with van der Waals surface area (Å²) >= 11 is 0. The third-order valence-electron chi connectivity index (χ3n) is 4.54. The van der Waals surface area contributed by atoms with E-state index in [9.17, 15) is 9.59 Å². The van der Waals surface area contributed by atoms with Crippen LogP contribution in [0.2, 0.25) is 0 Å². The number of nitrogens with one attached hydrogen (secondary N) is 1. The summed E-state index contributed by atoms with van der Waals surface area (Å²) < 4.78 is 1.92. The predicted octanol–water partition coefficient (Wildman–Crippen LogP) is 3.46. The molecule has 1 aromatic heterocycles. The van der Waals surface area contributed by atoms with Gasteiger partial charge in [0, 0.05) is 16.3 Å². The second-order valence-electron chi connectivity index (χ2n) is 6.74. The predicted molar refractivity (Wildman–Crippen MR) is 98.2 cm³/mol. The third kappa shape index (κ3) is 2.92. The average molecular weight is 322 g/mol. The lowest BCUT2D eigenvalue weighted by Crippen LogP contribution is -2.44. The van der Waals surface area contributed by atoms with E-state index >= 15 is 0 Å². The highest BCUT2D eigenvalue weighted by atomic mass is 16.2. The molecular formula is C20H22N2O2. The van der Waals surface area contributed by atoms with Crippen molar-refractivity contribution in [1.82, 2.24) is 9.88 Å². The lowest BCUT2D eigenvalue weighted by Gasteiger charge is -2.25. The third-order valence-corrected chi connectivity index (χ3v) is 4.54. The Morgan fingerprint density at radius 2 is 1.50 bits per heavy atom. The molecule has 0 saturated heterocycles. The van der Waals surface area contributed by atoms with Crippen molar-refractivity contribution in [2.24, 2.45) is 0 Å². The molecule has 0 aliphatic rings. The van der Waals surface area contributed by atoms with E-state index < -0.39 is 0 Å². The van der Waals surface area contributed by atoms with Gasteiger partial charge in [0.25, 0.3) is 0 Å². The Hall–Kier alpha value is -2.62. The van der Waals surface area contributed by atoms with Crippen molar-refractivity contribution < 1.29 is 4.79 Å². The van der Waals surface area contributed by atoms with Gasteiger partial charge in [0.15, 0.2) is 5.43 Å². The number of rotatable bonds is 4. The van der Waals surface area contributed by atoms with Gasteiger partial charge in [-0.3, -0.25) is 9.59 Å². The van der Waals surface area contributed by atoms with Crippen LogP contribution in [0.25, 0.3) is 21.8 Å². The molecule has 0 fully saturated rings. The largest absolute Gasteiger partial charge is 0.350 e. The molecule has 3 rings (SSSR count). The zero-order valence-electron chi connectivity index (χ0n) is 14.3. The van der Waals surface area contributed by atoms with Gasteiger partial charge in [0.1, 0.15) is 6.54 Å². The van der Waals surface area contributed by atoms with Crippen molar-refractivity contribution >= 4 is 27.7 Å². The minimum Gasteiger partial charge on any atom is -0.350 e. The molecule has 0 aliphatic carbocycles. The number of carbonyl (C=O) groups excluding carboxylic acids is 1. The van der Waals surface area contributed by atoms with E-state index in [2.05, 4.69) is 5.32 Å². The lowest BCUT2D eigenvalue weighted by molar-refractivity contribution is -0.123. The molecule has 0 aliphatic heterocycles. The Kier molecular flexibility index (Phi) is 4.14. The molecule has 4 heteroatoms. The highest BCUT2D eigenvalue weighted by molar-refractivity contribution is 5.94. The number of nitrogens with zero attached hydrogens (tertiary/aromatic N) is 1. The number of para-hydroxylation sites is 2. The van der Waals surface area contributed by atoms with Crippen LogP contribution in [0, 0.1) is 0 Å². The van der Waals surface area contributed by atoms with Gasteiger partial charge in [-0.05, 0) is 44.5 Å². The summed E-state index contributed by atoms with van der Waals surface area (Å²) in [6, 6.07) is 14.9. The Morgan fingerprint density at radius 1 is 1.00 bits per heavy atom. The zero-order chi connectivity index (χ0) is 17.3. The summed E-state index contributed by atoms with van der Waals surface area (Å²) in [5.74, 6) is -0.0548. The van der Waals surface area contributed by atoms with Gasteiger partial charge in [-0.1, -0.05) is 31.2 Å². The van der Waals surface area contributed by atoms with Crippen molar-refractivity contribution in [3.8, 4) is 0 Å². The Morgan fingerprint density at radius 3 is 2.00 bits per heavy atom. The molecule has 0 atom stereocenters. The molecule has 0 spiro atoms. The van der Waals surface area contributed by atoms with Crippen molar-refractivity contribution in [3.05, 3.63) is 58.8 Å². The van der Waals surface area contributed by atoms with Crippen molar-refractivity contribution in [1.29, 1.82) is 0 Å². The minimum atomic E-state index is -0.248. The van der Waals surface area contributed by atoms with Gasteiger partial charge >= 0.3 is 0 Å². The van der Waals surface area contributed by atoms with Crippen LogP contribution in [0.15, 0.2) is 53.3 Å². The highest BCUT2D eigenvalue weighted by Crippen LogP contribution is 2.19. The first-order chi connectivity index (χ1) is 11.4. The molecule has 0 bridgehead atoms. The summed E-state index contributed by atoms with van der Waals surface area (Å²) in [6.07, 6.45) is 0.852. The maximum absolute atomic E-state index is 12.7. The van der Waals surface area contributed by atoms with Gasteiger partial charge in [-0.2, -0.15) is 0 Å². The summed E-state index contributed by atoms with van der Waals surface area (Å²) in [4.78, 5) is 25.2. The van der Waals surface area contributed by atoms with Gasteiger partial charge in [0.2, 0.25) is 5.91 Å². The second kappa shape index (κ2) is 6.11. The SMILES string of the molecule is CCC(C)(C)NC(=O)Cn1c2ccccc2c(=O)c2ccccc21. The zero-order valence-corrected chi connectivity index (χ0v) is 14.3. The number of hydrogen-bond donors (Lipinski definition) is 1. The van der Waals surface area contributed by atoms with Crippen LogP contribution in [0.1, 0.15) is 27.2 Å². The molecule has 4 nitrogen and oxygen atoms in total. The number of benzene rings is 2. The Balaban J connectivity index is 2.17. The van der Waals surface area contributed by atoms with E-state index in [1.165, 1.54) is 0 Å². The van der Waals surface area contributed by atoms with Gasteiger partial charge < -0.3 is 9.88 Å². The molecule has 0 unspecified atom stereocenters. The minimum absolute atomic E-state index is 0.00625.